The van der Waals surface area contributed by atoms with Crippen molar-refractivity contribution in [1.29, 1.82) is 0 Å². The van der Waals surface area contributed by atoms with Gasteiger partial charge in [0.1, 0.15) is 5.82 Å². The van der Waals surface area contributed by atoms with Crippen LogP contribution in [0.4, 0.5) is 4.39 Å². The maximum atomic E-state index is 14.2. The van der Waals surface area contributed by atoms with Gasteiger partial charge in [0.2, 0.25) is 0 Å². The summed E-state index contributed by atoms with van der Waals surface area (Å²) in [6, 6.07) is 3.14. The second kappa shape index (κ2) is 5.14. The molecule has 0 spiro atoms. The minimum atomic E-state index is -0.250. The summed E-state index contributed by atoms with van der Waals surface area (Å²) in [4.78, 5) is 0. The van der Waals surface area contributed by atoms with Crippen LogP contribution in [0.15, 0.2) is 12.1 Å². The Hall–Kier alpha value is -1.29. The quantitative estimate of drug-likeness (QED) is 0.897. The largest absolute Gasteiger partial charge is 0.493 e. The Bertz CT molecular complexity index is 428. The summed E-state index contributed by atoms with van der Waals surface area (Å²) in [6.07, 6.45) is 4.09. The zero-order valence-corrected chi connectivity index (χ0v) is 11.0. The van der Waals surface area contributed by atoms with Gasteiger partial charge < -0.3 is 15.2 Å². The number of halogens is 1. The molecule has 0 heterocycles. The molecule has 0 aliphatic heterocycles. The Balaban J connectivity index is 2.50. The minimum Gasteiger partial charge on any atom is -0.493 e. The molecule has 0 atom stereocenters. The van der Waals surface area contributed by atoms with Crippen LogP contribution >= 0.6 is 0 Å². The van der Waals surface area contributed by atoms with Gasteiger partial charge in [0.25, 0.3) is 0 Å². The first-order valence-corrected chi connectivity index (χ1v) is 6.29. The number of rotatable bonds is 4. The third kappa shape index (κ3) is 2.05. The molecule has 18 heavy (non-hydrogen) atoms. The van der Waals surface area contributed by atoms with Crippen molar-refractivity contribution < 1.29 is 13.9 Å². The second-order valence-corrected chi connectivity index (χ2v) is 4.88. The molecule has 100 valence electrons. The number of ether oxygens (including phenoxy) is 2. The van der Waals surface area contributed by atoms with Gasteiger partial charge >= 0.3 is 0 Å². The van der Waals surface area contributed by atoms with Gasteiger partial charge in [-0.05, 0) is 24.5 Å². The van der Waals surface area contributed by atoms with Gasteiger partial charge in [-0.3, -0.25) is 0 Å². The van der Waals surface area contributed by atoms with Crippen molar-refractivity contribution in [2.75, 3.05) is 20.8 Å². The van der Waals surface area contributed by atoms with Gasteiger partial charge in [0.05, 0.1) is 14.2 Å². The van der Waals surface area contributed by atoms with Crippen LogP contribution in [0.1, 0.15) is 31.2 Å². The maximum absolute atomic E-state index is 14.2. The van der Waals surface area contributed by atoms with E-state index in [0.29, 0.717) is 23.6 Å². The molecule has 2 rings (SSSR count). The first-order chi connectivity index (χ1) is 8.66. The summed E-state index contributed by atoms with van der Waals surface area (Å²) in [6.45, 7) is 0.472. The molecule has 1 saturated carbocycles. The van der Waals surface area contributed by atoms with Crippen LogP contribution in [-0.2, 0) is 5.41 Å². The summed E-state index contributed by atoms with van der Waals surface area (Å²) in [5, 5.41) is 0. The van der Waals surface area contributed by atoms with Gasteiger partial charge in [-0.25, -0.2) is 4.39 Å². The molecule has 0 radical (unpaired) electrons. The van der Waals surface area contributed by atoms with Gasteiger partial charge in [0.15, 0.2) is 11.5 Å². The molecule has 1 aromatic rings. The molecule has 0 bridgehead atoms. The van der Waals surface area contributed by atoms with Crippen LogP contribution in [0, 0.1) is 5.82 Å². The first-order valence-electron chi connectivity index (χ1n) is 6.29. The molecular formula is C14H20FNO2. The molecule has 0 aromatic heterocycles. The van der Waals surface area contributed by atoms with E-state index in [1.807, 2.05) is 0 Å². The highest BCUT2D eigenvalue weighted by Gasteiger charge is 2.37. The van der Waals surface area contributed by atoms with Crippen LogP contribution in [0.25, 0.3) is 0 Å². The van der Waals surface area contributed by atoms with Crippen LogP contribution in [0.5, 0.6) is 11.5 Å². The van der Waals surface area contributed by atoms with Gasteiger partial charge in [-0.1, -0.05) is 12.8 Å². The molecule has 0 saturated heterocycles. The SMILES string of the molecule is COc1cc(F)c(C2(CN)CCCC2)cc1OC. The Labute approximate surface area is 107 Å². The second-order valence-electron chi connectivity index (χ2n) is 4.88. The highest BCUT2D eigenvalue weighted by molar-refractivity contribution is 5.46. The fraction of sp³-hybridized carbons (Fsp3) is 0.571. The van der Waals surface area contributed by atoms with E-state index in [9.17, 15) is 4.39 Å². The summed E-state index contributed by atoms with van der Waals surface area (Å²) >= 11 is 0. The van der Waals surface area contributed by atoms with Gasteiger partial charge in [0, 0.05) is 18.0 Å². The Morgan fingerprint density at radius 2 is 1.72 bits per heavy atom. The predicted molar refractivity (Wildman–Crippen MR) is 68.7 cm³/mol. The zero-order chi connectivity index (χ0) is 13.2. The molecule has 4 heteroatoms. The topological polar surface area (TPSA) is 44.5 Å². The van der Waals surface area contributed by atoms with E-state index in [1.165, 1.54) is 13.2 Å². The van der Waals surface area contributed by atoms with E-state index in [2.05, 4.69) is 0 Å². The Morgan fingerprint density at radius 1 is 1.17 bits per heavy atom. The third-order valence-corrected chi connectivity index (χ3v) is 4.00. The zero-order valence-electron chi connectivity index (χ0n) is 11.0. The predicted octanol–water partition coefficient (Wildman–Crippen LogP) is 2.61. The summed E-state index contributed by atoms with van der Waals surface area (Å²) < 4.78 is 24.6. The van der Waals surface area contributed by atoms with Crippen molar-refractivity contribution in [3.05, 3.63) is 23.5 Å². The summed E-state index contributed by atoms with van der Waals surface area (Å²) in [5.41, 5.74) is 6.33. The highest BCUT2D eigenvalue weighted by Crippen LogP contribution is 2.44. The van der Waals surface area contributed by atoms with E-state index in [-0.39, 0.29) is 11.2 Å². The lowest BCUT2D eigenvalue weighted by Crippen LogP contribution is -2.33. The number of nitrogens with two attached hydrogens (primary N) is 1. The standard InChI is InChI=1S/C14H20FNO2/c1-17-12-7-10(11(15)8-13(12)18-2)14(9-16)5-3-4-6-14/h7-8H,3-6,9,16H2,1-2H3. The van der Waals surface area contributed by atoms with E-state index >= 15 is 0 Å². The smallest absolute Gasteiger partial charge is 0.163 e. The van der Waals surface area contributed by atoms with Crippen LogP contribution < -0.4 is 15.2 Å². The molecule has 1 aliphatic rings. The molecular weight excluding hydrogens is 233 g/mol. The van der Waals surface area contributed by atoms with Crippen LogP contribution in [-0.4, -0.2) is 20.8 Å². The average molecular weight is 253 g/mol. The lowest BCUT2D eigenvalue weighted by Gasteiger charge is -2.29. The Kier molecular flexibility index (Phi) is 3.76. The van der Waals surface area contributed by atoms with Crippen molar-refractivity contribution >= 4 is 0 Å². The van der Waals surface area contributed by atoms with Gasteiger partial charge in [-0.2, -0.15) is 0 Å². The van der Waals surface area contributed by atoms with Crippen LogP contribution in [0.2, 0.25) is 0 Å². The Morgan fingerprint density at radius 3 is 2.22 bits per heavy atom. The molecule has 2 N–H and O–H groups in total. The monoisotopic (exact) mass is 253 g/mol. The maximum Gasteiger partial charge on any atom is 0.163 e. The van der Waals surface area contributed by atoms with E-state index < -0.39 is 0 Å². The van der Waals surface area contributed by atoms with E-state index in [4.69, 9.17) is 15.2 Å². The molecule has 1 fully saturated rings. The van der Waals surface area contributed by atoms with Crippen molar-refractivity contribution in [2.45, 2.75) is 31.1 Å². The number of hydrogen-bond donors (Lipinski definition) is 1. The molecule has 3 nitrogen and oxygen atoms in total. The molecule has 0 amide bonds. The van der Waals surface area contributed by atoms with Crippen molar-refractivity contribution in [3.8, 4) is 11.5 Å². The number of hydrogen-bond acceptors (Lipinski definition) is 3. The third-order valence-electron chi connectivity index (χ3n) is 4.00. The summed E-state index contributed by atoms with van der Waals surface area (Å²) in [5.74, 6) is 0.734. The van der Waals surface area contributed by atoms with Crippen LogP contribution in [0.3, 0.4) is 0 Å². The highest BCUT2D eigenvalue weighted by atomic mass is 19.1. The fourth-order valence-electron chi connectivity index (χ4n) is 2.90. The molecule has 0 unspecified atom stereocenters. The van der Waals surface area contributed by atoms with E-state index in [1.54, 1.807) is 13.2 Å². The first kappa shape index (κ1) is 13.1. The molecule has 1 aliphatic carbocycles. The fourth-order valence-corrected chi connectivity index (χ4v) is 2.90. The lowest BCUT2D eigenvalue weighted by molar-refractivity contribution is 0.346. The van der Waals surface area contributed by atoms with Crippen molar-refractivity contribution in [2.24, 2.45) is 5.73 Å². The molecule has 1 aromatic carbocycles. The average Bonchev–Trinajstić information content (AvgIpc) is 2.88. The van der Waals surface area contributed by atoms with Gasteiger partial charge in [-0.15, -0.1) is 0 Å². The minimum absolute atomic E-state index is 0.233. The normalized spacial score (nSPS) is 17.8. The van der Waals surface area contributed by atoms with E-state index in [0.717, 1.165) is 25.7 Å². The number of methoxy groups -OCH3 is 2. The van der Waals surface area contributed by atoms with Crippen molar-refractivity contribution in [1.82, 2.24) is 0 Å². The lowest BCUT2D eigenvalue weighted by atomic mass is 9.78. The summed E-state index contributed by atoms with van der Waals surface area (Å²) in [7, 11) is 3.06. The van der Waals surface area contributed by atoms with Crippen molar-refractivity contribution in [3.63, 3.8) is 0 Å². The number of benzene rings is 1.